The molecule has 2 heterocycles. The van der Waals surface area contributed by atoms with E-state index in [2.05, 4.69) is 9.97 Å². The van der Waals surface area contributed by atoms with Crippen LogP contribution in [-0.2, 0) is 6.42 Å². The van der Waals surface area contributed by atoms with Gasteiger partial charge in [-0.3, -0.25) is 9.97 Å². The lowest BCUT2D eigenvalue weighted by Crippen LogP contribution is -1.97. The van der Waals surface area contributed by atoms with Gasteiger partial charge in [-0.1, -0.05) is 12.1 Å². The fourth-order valence-corrected chi connectivity index (χ4v) is 2.27. The third kappa shape index (κ3) is 4.78. The van der Waals surface area contributed by atoms with Crippen molar-refractivity contribution in [2.75, 3.05) is 0 Å². The molecule has 0 unspecified atom stereocenters. The summed E-state index contributed by atoms with van der Waals surface area (Å²) in [6.07, 6.45) is 5.98. The third-order valence-corrected chi connectivity index (χ3v) is 3.42. The van der Waals surface area contributed by atoms with Crippen LogP contribution < -0.4 is 0 Å². The molecule has 24 heavy (non-hydrogen) atoms. The molecule has 1 N–H and O–H groups in total. The van der Waals surface area contributed by atoms with Gasteiger partial charge in [0, 0.05) is 30.7 Å². The van der Waals surface area contributed by atoms with E-state index in [-0.39, 0.29) is 24.8 Å². The minimum absolute atomic E-state index is 0. The van der Waals surface area contributed by atoms with Crippen molar-refractivity contribution in [3.63, 3.8) is 0 Å². The van der Waals surface area contributed by atoms with E-state index in [9.17, 15) is 4.79 Å². The van der Waals surface area contributed by atoms with Crippen molar-refractivity contribution in [1.82, 2.24) is 9.97 Å². The second kappa shape index (κ2) is 9.01. The van der Waals surface area contributed by atoms with Crippen LogP contribution in [0, 0.1) is 0 Å². The maximum Gasteiger partial charge on any atom is 0.335 e. The highest BCUT2D eigenvalue weighted by molar-refractivity contribution is 5.87. The maximum atomic E-state index is 10.9. The molecule has 0 fully saturated rings. The number of pyridine rings is 2. The Morgan fingerprint density at radius 2 is 1.50 bits per heavy atom. The maximum absolute atomic E-state index is 10.9. The summed E-state index contributed by atoms with van der Waals surface area (Å²) in [7, 11) is 0. The van der Waals surface area contributed by atoms with Gasteiger partial charge in [0.15, 0.2) is 0 Å². The zero-order valence-electron chi connectivity index (χ0n) is 12.6. The Bertz CT molecular complexity index is 794. The molecule has 0 radical (unpaired) electrons. The lowest BCUT2D eigenvalue weighted by Gasteiger charge is -2.05. The van der Waals surface area contributed by atoms with Crippen molar-refractivity contribution in [2.24, 2.45) is 0 Å². The summed E-state index contributed by atoms with van der Waals surface area (Å²) in [6, 6.07) is 14.8. The predicted molar refractivity (Wildman–Crippen MR) is 98.2 cm³/mol. The molecular weight excluding hydrogens is 347 g/mol. The van der Waals surface area contributed by atoms with Crippen molar-refractivity contribution in [1.29, 1.82) is 0 Å². The predicted octanol–water partition coefficient (Wildman–Crippen LogP) is 4.28. The minimum atomic E-state index is -0.913. The quantitative estimate of drug-likeness (QED) is 0.752. The highest BCUT2D eigenvalue weighted by atomic mass is 35.5. The van der Waals surface area contributed by atoms with E-state index < -0.39 is 5.97 Å². The van der Waals surface area contributed by atoms with E-state index >= 15 is 0 Å². The molecule has 0 aliphatic heterocycles. The monoisotopic (exact) mass is 362 g/mol. The van der Waals surface area contributed by atoms with E-state index in [0.717, 1.165) is 22.4 Å². The lowest BCUT2D eigenvalue weighted by molar-refractivity contribution is 0.0697. The average Bonchev–Trinajstić information content (AvgIpc) is 2.56. The van der Waals surface area contributed by atoms with Gasteiger partial charge in [0.1, 0.15) is 0 Å². The van der Waals surface area contributed by atoms with Crippen molar-refractivity contribution in [2.45, 2.75) is 6.42 Å². The topological polar surface area (TPSA) is 63.1 Å². The normalized spacial score (nSPS) is 9.50. The third-order valence-electron chi connectivity index (χ3n) is 3.42. The second-order valence-electron chi connectivity index (χ2n) is 4.95. The van der Waals surface area contributed by atoms with E-state index in [4.69, 9.17) is 5.11 Å². The molecular formula is C18H16Cl2N2O2. The SMILES string of the molecule is Cl.Cl.O=C(O)c1ccc(Cc2cc(-c3ccncc3)ccn2)cc1. The Balaban J connectivity index is 0.00000144. The van der Waals surface area contributed by atoms with Crippen LogP contribution >= 0.6 is 24.8 Å². The van der Waals surface area contributed by atoms with Gasteiger partial charge in [0.25, 0.3) is 0 Å². The molecule has 0 atom stereocenters. The van der Waals surface area contributed by atoms with E-state index in [0.29, 0.717) is 12.0 Å². The van der Waals surface area contributed by atoms with Crippen LogP contribution in [0.1, 0.15) is 21.6 Å². The fourth-order valence-electron chi connectivity index (χ4n) is 2.27. The van der Waals surface area contributed by atoms with Crippen molar-refractivity contribution >= 4 is 30.8 Å². The zero-order chi connectivity index (χ0) is 15.4. The molecule has 0 saturated carbocycles. The summed E-state index contributed by atoms with van der Waals surface area (Å²) in [5, 5.41) is 8.91. The van der Waals surface area contributed by atoms with Crippen LogP contribution in [0.2, 0.25) is 0 Å². The molecule has 1 aromatic carbocycles. The Labute approximate surface area is 152 Å². The summed E-state index contributed by atoms with van der Waals surface area (Å²) < 4.78 is 0. The number of aromatic carboxylic acids is 1. The van der Waals surface area contributed by atoms with Crippen LogP contribution in [0.15, 0.2) is 67.1 Å². The van der Waals surface area contributed by atoms with Crippen molar-refractivity contribution in [3.05, 3.63) is 83.9 Å². The van der Waals surface area contributed by atoms with Crippen LogP contribution in [-0.4, -0.2) is 21.0 Å². The fraction of sp³-hybridized carbons (Fsp3) is 0.0556. The minimum Gasteiger partial charge on any atom is -0.478 e. The molecule has 124 valence electrons. The van der Waals surface area contributed by atoms with Gasteiger partial charge in [0.05, 0.1) is 5.56 Å². The van der Waals surface area contributed by atoms with Crippen LogP contribution in [0.25, 0.3) is 11.1 Å². The number of hydrogen-bond donors (Lipinski definition) is 1. The van der Waals surface area contributed by atoms with Gasteiger partial charge in [-0.25, -0.2) is 4.79 Å². The van der Waals surface area contributed by atoms with Crippen LogP contribution in [0.4, 0.5) is 0 Å². The Morgan fingerprint density at radius 3 is 2.12 bits per heavy atom. The second-order valence-corrected chi connectivity index (χ2v) is 4.95. The summed E-state index contributed by atoms with van der Waals surface area (Å²) >= 11 is 0. The molecule has 2 aromatic heterocycles. The van der Waals surface area contributed by atoms with Gasteiger partial charge in [-0.05, 0) is 53.1 Å². The smallest absolute Gasteiger partial charge is 0.335 e. The lowest BCUT2D eigenvalue weighted by atomic mass is 10.0. The molecule has 3 rings (SSSR count). The largest absolute Gasteiger partial charge is 0.478 e. The summed E-state index contributed by atoms with van der Waals surface area (Å²) in [4.78, 5) is 19.3. The van der Waals surface area contributed by atoms with Crippen molar-refractivity contribution in [3.8, 4) is 11.1 Å². The highest BCUT2D eigenvalue weighted by Gasteiger charge is 2.04. The zero-order valence-corrected chi connectivity index (χ0v) is 14.3. The number of carboxylic acids is 1. The molecule has 0 bridgehead atoms. The Morgan fingerprint density at radius 1 is 0.875 bits per heavy atom. The molecule has 6 heteroatoms. The number of rotatable bonds is 4. The first-order chi connectivity index (χ1) is 10.7. The summed E-state index contributed by atoms with van der Waals surface area (Å²) in [5.74, 6) is -0.913. The van der Waals surface area contributed by atoms with E-state index in [1.807, 2.05) is 36.4 Å². The summed E-state index contributed by atoms with van der Waals surface area (Å²) in [6.45, 7) is 0. The number of benzene rings is 1. The summed E-state index contributed by atoms with van der Waals surface area (Å²) in [5.41, 5.74) is 4.46. The molecule has 0 spiro atoms. The number of aromatic nitrogens is 2. The Kier molecular flexibility index (Phi) is 7.36. The number of hydrogen-bond acceptors (Lipinski definition) is 3. The van der Waals surface area contributed by atoms with Gasteiger partial charge in [-0.2, -0.15) is 0 Å². The van der Waals surface area contributed by atoms with Gasteiger partial charge in [0.2, 0.25) is 0 Å². The molecule has 0 saturated heterocycles. The van der Waals surface area contributed by atoms with Gasteiger partial charge in [-0.15, -0.1) is 24.8 Å². The highest BCUT2D eigenvalue weighted by Crippen LogP contribution is 2.19. The molecule has 0 aliphatic rings. The first-order valence-corrected chi connectivity index (χ1v) is 6.90. The number of carboxylic acid groups (broad SMARTS) is 1. The standard InChI is InChI=1S/C18H14N2O2.2ClH/c21-18(22)15-3-1-13(2-4-15)11-17-12-16(7-10-20-17)14-5-8-19-9-6-14;;/h1-10,12H,11H2,(H,21,22);2*1H. The van der Waals surface area contributed by atoms with E-state index in [1.165, 1.54) is 0 Å². The average molecular weight is 363 g/mol. The first kappa shape index (κ1) is 19.6. The number of halogens is 2. The van der Waals surface area contributed by atoms with Gasteiger partial charge < -0.3 is 5.11 Å². The molecule has 0 aliphatic carbocycles. The van der Waals surface area contributed by atoms with E-state index in [1.54, 1.807) is 30.7 Å². The van der Waals surface area contributed by atoms with Crippen LogP contribution in [0.5, 0.6) is 0 Å². The van der Waals surface area contributed by atoms with Crippen LogP contribution in [0.3, 0.4) is 0 Å². The molecule has 3 aromatic rings. The number of nitrogens with zero attached hydrogens (tertiary/aromatic N) is 2. The molecule has 4 nitrogen and oxygen atoms in total. The Hall–Kier alpha value is -2.43. The molecule has 0 amide bonds. The van der Waals surface area contributed by atoms with Gasteiger partial charge >= 0.3 is 5.97 Å². The number of carbonyl (C=O) groups is 1. The van der Waals surface area contributed by atoms with Crippen molar-refractivity contribution < 1.29 is 9.90 Å². The first-order valence-electron chi connectivity index (χ1n) is 6.90.